The molecule has 1 aliphatic carbocycles. The fraction of sp³-hybridized carbons (Fsp3) is 0.500. The van der Waals surface area contributed by atoms with E-state index < -0.39 is 11.9 Å². The number of nitrogens with zero attached hydrogens (tertiary/aromatic N) is 3. The van der Waals surface area contributed by atoms with Crippen molar-refractivity contribution < 1.29 is 14.3 Å². The molecule has 1 aliphatic heterocycles. The van der Waals surface area contributed by atoms with E-state index in [0.29, 0.717) is 29.0 Å². The van der Waals surface area contributed by atoms with E-state index in [2.05, 4.69) is 21.0 Å². The molecule has 1 atom stereocenters. The molecule has 5 N–H and O–H groups in total. The van der Waals surface area contributed by atoms with Crippen LogP contribution in [0.15, 0.2) is 30.5 Å². The van der Waals surface area contributed by atoms with Crippen LogP contribution >= 0.6 is 0 Å². The molecule has 2 amide bonds. The predicted molar refractivity (Wildman–Crippen MR) is 147 cm³/mol. The molecular formula is C28H37N7O3. The summed E-state index contributed by atoms with van der Waals surface area (Å²) < 4.78 is 7.29. The van der Waals surface area contributed by atoms with Crippen LogP contribution in [0.5, 0.6) is 0 Å². The lowest BCUT2D eigenvalue weighted by Gasteiger charge is -2.23. The SMILES string of the molecule is Cc1cc(-c2cnn3c(NCC4CCOCC4)cc(NC(C(N)=O)C(C)C)nc23)ccc1C(=O)NC1CC1. The Balaban J connectivity index is 1.49. The van der Waals surface area contributed by atoms with Crippen molar-refractivity contribution in [3.8, 4) is 11.1 Å². The zero-order valence-electron chi connectivity index (χ0n) is 22.3. The van der Waals surface area contributed by atoms with E-state index in [1.807, 2.05) is 45.0 Å². The average molecular weight is 520 g/mol. The van der Waals surface area contributed by atoms with Gasteiger partial charge in [0.15, 0.2) is 5.65 Å². The molecule has 1 saturated heterocycles. The van der Waals surface area contributed by atoms with Crippen molar-refractivity contribution >= 4 is 29.1 Å². The van der Waals surface area contributed by atoms with E-state index in [9.17, 15) is 9.59 Å². The third-order valence-electron chi connectivity index (χ3n) is 7.36. The highest BCUT2D eigenvalue weighted by Crippen LogP contribution is 2.30. The van der Waals surface area contributed by atoms with Crippen molar-refractivity contribution in [3.05, 3.63) is 41.6 Å². The van der Waals surface area contributed by atoms with Crippen LogP contribution in [-0.2, 0) is 9.53 Å². The number of benzene rings is 1. The number of amides is 2. The molecule has 0 radical (unpaired) electrons. The summed E-state index contributed by atoms with van der Waals surface area (Å²) in [7, 11) is 0. The minimum atomic E-state index is -0.564. The van der Waals surface area contributed by atoms with E-state index in [1.165, 1.54) is 0 Å². The number of carbonyl (C=O) groups is 2. The smallest absolute Gasteiger partial charge is 0.251 e. The summed E-state index contributed by atoms with van der Waals surface area (Å²) in [5.74, 6) is 1.35. The average Bonchev–Trinajstić information content (AvgIpc) is 3.60. The molecule has 0 bridgehead atoms. The number of aryl methyl sites for hydroxylation is 1. The fourth-order valence-electron chi connectivity index (χ4n) is 4.87. The van der Waals surface area contributed by atoms with Crippen molar-refractivity contribution in [1.82, 2.24) is 19.9 Å². The fourth-order valence-corrected chi connectivity index (χ4v) is 4.87. The first-order valence-corrected chi connectivity index (χ1v) is 13.5. The summed E-state index contributed by atoms with van der Waals surface area (Å²) in [5.41, 5.74) is 9.63. The van der Waals surface area contributed by atoms with Gasteiger partial charge < -0.3 is 26.4 Å². The first-order valence-electron chi connectivity index (χ1n) is 13.5. The second kappa shape index (κ2) is 11.0. The normalized spacial score (nSPS) is 16.9. The maximum absolute atomic E-state index is 12.6. The Morgan fingerprint density at radius 3 is 2.58 bits per heavy atom. The van der Waals surface area contributed by atoms with Gasteiger partial charge in [0, 0.05) is 43.0 Å². The Hall–Kier alpha value is -3.66. The molecule has 2 fully saturated rings. The summed E-state index contributed by atoms with van der Waals surface area (Å²) in [6, 6.07) is 7.40. The van der Waals surface area contributed by atoms with Crippen molar-refractivity contribution in [1.29, 1.82) is 0 Å². The van der Waals surface area contributed by atoms with Crippen LogP contribution in [0.3, 0.4) is 0 Å². The van der Waals surface area contributed by atoms with Crippen molar-refractivity contribution in [2.45, 2.75) is 58.5 Å². The lowest BCUT2D eigenvalue weighted by molar-refractivity contribution is -0.119. The topological polar surface area (TPSA) is 136 Å². The summed E-state index contributed by atoms with van der Waals surface area (Å²) >= 11 is 0. The Kier molecular flexibility index (Phi) is 7.51. The first kappa shape index (κ1) is 26.0. The maximum Gasteiger partial charge on any atom is 0.251 e. The quantitative estimate of drug-likeness (QED) is 0.322. The van der Waals surface area contributed by atoms with Gasteiger partial charge in [0.2, 0.25) is 5.91 Å². The van der Waals surface area contributed by atoms with Gasteiger partial charge in [0.1, 0.15) is 17.7 Å². The minimum absolute atomic E-state index is 0.00876. The second-order valence-electron chi connectivity index (χ2n) is 10.8. The highest BCUT2D eigenvalue weighted by Gasteiger charge is 2.25. The summed E-state index contributed by atoms with van der Waals surface area (Å²) in [4.78, 5) is 29.6. The van der Waals surface area contributed by atoms with E-state index >= 15 is 0 Å². The van der Waals surface area contributed by atoms with Gasteiger partial charge in [-0.2, -0.15) is 9.61 Å². The number of ether oxygens (including phenoxy) is 1. The lowest BCUT2D eigenvalue weighted by Crippen LogP contribution is -2.39. The summed E-state index contributed by atoms with van der Waals surface area (Å²) in [5, 5.41) is 14.5. The van der Waals surface area contributed by atoms with Crippen LogP contribution in [0.4, 0.5) is 11.6 Å². The van der Waals surface area contributed by atoms with E-state index in [4.69, 9.17) is 15.5 Å². The molecule has 5 rings (SSSR count). The molecule has 38 heavy (non-hydrogen) atoms. The van der Waals surface area contributed by atoms with Gasteiger partial charge in [0.25, 0.3) is 5.91 Å². The summed E-state index contributed by atoms with van der Waals surface area (Å²) in [6.07, 6.45) is 5.90. The number of carbonyl (C=O) groups excluding carboxylic acids is 2. The number of hydrogen-bond donors (Lipinski definition) is 4. The zero-order chi connectivity index (χ0) is 26.8. The minimum Gasteiger partial charge on any atom is -0.381 e. The highest BCUT2D eigenvalue weighted by atomic mass is 16.5. The number of anilines is 2. The number of aromatic nitrogens is 3. The predicted octanol–water partition coefficient (Wildman–Crippen LogP) is 3.36. The third kappa shape index (κ3) is 5.75. The van der Waals surface area contributed by atoms with Crippen molar-refractivity contribution in [2.24, 2.45) is 17.6 Å². The number of nitrogens with one attached hydrogen (secondary N) is 3. The monoisotopic (exact) mass is 519 g/mol. The van der Waals surface area contributed by atoms with Gasteiger partial charge in [-0.05, 0) is 61.6 Å². The van der Waals surface area contributed by atoms with Gasteiger partial charge in [-0.3, -0.25) is 9.59 Å². The lowest BCUT2D eigenvalue weighted by atomic mass is 10.0. The number of rotatable bonds is 10. The second-order valence-corrected chi connectivity index (χ2v) is 10.8. The van der Waals surface area contributed by atoms with Gasteiger partial charge >= 0.3 is 0 Å². The van der Waals surface area contributed by atoms with Crippen LogP contribution in [-0.4, -0.2) is 58.3 Å². The van der Waals surface area contributed by atoms with Crippen LogP contribution < -0.4 is 21.7 Å². The van der Waals surface area contributed by atoms with Crippen LogP contribution in [0.25, 0.3) is 16.8 Å². The van der Waals surface area contributed by atoms with Crippen LogP contribution in [0, 0.1) is 18.8 Å². The molecule has 10 heteroatoms. The standard InChI is InChI=1S/C28H37N7O3/c1-16(2)25(26(29)36)33-23-13-24(30-14-18-8-10-38-11-9-18)35-27(34-23)22(15-31-35)19-4-7-21(17(3)12-19)28(37)32-20-5-6-20/h4,7,12-13,15-16,18,20,25,30H,5-6,8-11,14H2,1-3H3,(H2,29,36)(H,32,37)(H,33,34). The van der Waals surface area contributed by atoms with E-state index in [0.717, 1.165) is 68.0 Å². The number of hydrogen-bond acceptors (Lipinski definition) is 7. The number of primary amides is 1. The number of nitrogens with two attached hydrogens (primary N) is 1. The number of fused-ring (bicyclic) bond motifs is 1. The van der Waals surface area contributed by atoms with Crippen LogP contribution in [0.1, 0.15) is 55.5 Å². The third-order valence-corrected chi connectivity index (χ3v) is 7.36. The van der Waals surface area contributed by atoms with E-state index in [-0.39, 0.29) is 11.8 Å². The largest absolute Gasteiger partial charge is 0.381 e. The van der Waals surface area contributed by atoms with Crippen molar-refractivity contribution in [2.75, 3.05) is 30.4 Å². The molecule has 1 aromatic carbocycles. The van der Waals surface area contributed by atoms with Gasteiger partial charge in [-0.1, -0.05) is 26.0 Å². The van der Waals surface area contributed by atoms with Gasteiger partial charge in [-0.25, -0.2) is 4.98 Å². The molecule has 1 saturated carbocycles. The molecule has 10 nitrogen and oxygen atoms in total. The first-order chi connectivity index (χ1) is 18.3. The Morgan fingerprint density at radius 1 is 1.16 bits per heavy atom. The molecule has 3 aromatic rings. The molecule has 0 spiro atoms. The van der Waals surface area contributed by atoms with E-state index in [1.54, 1.807) is 10.7 Å². The summed E-state index contributed by atoms with van der Waals surface area (Å²) in [6.45, 7) is 8.17. The molecule has 3 heterocycles. The van der Waals surface area contributed by atoms with Gasteiger partial charge in [-0.15, -0.1) is 0 Å². The highest BCUT2D eigenvalue weighted by molar-refractivity contribution is 5.97. The van der Waals surface area contributed by atoms with Crippen LogP contribution in [0.2, 0.25) is 0 Å². The Morgan fingerprint density at radius 2 is 1.92 bits per heavy atom. The molecular weight excluding hydrogens is 482 g/mol. The van der Waals surface area contributed by atoms with Crippen molar-refractivity contribution in [3.63, 3.8) is 0 Å². The maximum atomic E-state index is 12.6. The molecule has 1 unspecified atom stereocenters. The molecule has 2 aliphatic rings. The Bertz CT molecular complexity index is 1330. The molecule has 2 aromatic heterocycles. The Labute approximate surface area is 222 Å². The zero-order valence-corrected chi connectivity index (χ0v) is 22.3. The molecule has 202 valence electrons. The van der Waals surface area contributed by atoms with Gasteiger partial charge in [0.05, 0.1) is 6.20 Å².